The molecule has 1 aliphatic heterocycles. The third-order valence-corrected chi connectivity index (χ3v) is 6.61. The van der Waals surface area contributed by atoms with Gasteiger partial charge in [0.05, 0.1) is 11.5 Å². The fraction of sp³-hybridized carbons (Fsp3) is 0.533. The average molecular weight is 389 g/mol. The van der Waals surface area contributed by atoms with Crippen LogP contribution in [-0.2, 0) is 14.6 Å². The van der Waals surface area contributed by atoms with Crippen LogP contribution in [0.4, 0.5) is 5.69 Å². The van der Waals surface area contributed by atoms with Crippen molar-refractivity contribution in [2.75, 3.05) is 30.4 Å². The highest BCUT2D eigenvalue weighted by Gasteiger charge is 2.30. The number of benzene rings is 1. The highest BCUT2D eigenvalue weighted by molar-refractivity contribution is 9.10. The Labute approximate surface area is 140 Å². The number of halogens is 1. The molecule has 7 heteroatoms. The molecule has 0 radical (unpaired) electrons. The molecule has 1 aromatic rings. The molecule has 0 saturated carbocycles. The van der Waals surface area contributed by atoms with Crippen molar-refractivity contribution >= 4 is 37.4 Å². The molecule has 1 aliphatic rings. The normalized spacial score (nSPS) is 20.3. The molecule has 1 saturated heterocycles. The van der Waals surface area contributed by atoms with Crippen LogP contribution in [0.2, 0.25) is 0 Å². The Balaban J connectivity index is 1.81. The minimum Gasteiger partial charge on any atom is -0.326 e. The lowest BCUT2D eigenvalue weighted by molar-refractivity contribution is -0.116. The quantitative estimate of drug-likeness (QED) is 0.839. The number of sulfone groups is 1. The zero-order valence-corrected chi connectivity index (χ0v) is 15.2. The smallest absolute Gasteiger partial charge is 0.225 e. The Bertz CT molecular complexity index is 661. The second-order valence-corrected chi connectivity index (χ2v) is 8.88. The van der Waals surface area contributed by atoms with E-state index < -0.39 is 9.84 Å². The molecule has 122 valence electrons. The van der Waals surface area contributed by atoms with Crippen molar-refractivity contribution in [1.82, 2.24) is 4.90 Å². The van der Waals surface area contributed by atoms with E-state index in [4.69, 9.17) is 0 Å². The maximum Gasteiger partial charge on any atom is 0.225 e. The number of aryl methyl sites for hydroxylation is 1. The van der Waals surface area contributed by atoms with Gasteiger partial charge in [-0.2, -0.15) is 0 Å². The number of anilines is 1. The summed E-state index contributed by atoms with van der Waals surface area (Å²) in [7, 11) is -1.01. The fourth-order valence-electron chi connectivity index (χ4n) is 2.53. The SMILES string of the molecule is Cc1cc(NC(=O)CCN(C)C2CCS(=O)(=O)C2)ccc1Br. The van der Waals surface area contributed by atoms with Gasteiger partial charge in [-0.15, -0.1) is 0 Å². The molecule has 0 bridgehead atoms. The molecule has 1 unspecified atom stereocenters. The van der Waals surface area contributed by atoms with Gasteiger partial charge >= 0.3 is 0 Å². The summed E-state index contributed by atoms with van der Waals surface area (Å²) < 4.78 is 24.0. The minimum absolute atomic E-state index is 0.0349. The number of carbonyl (C=O) groups excluding carboxylic acids is 1. The zero-order valence-electron chi connectivity index (χ0n) is 12.8. The largest absolute Gasteiger partial charge is 0.326 e. The second-order valence-electron chi connectivity index (χ2n) is 5.80. The first kappa shape index (κ1) is 17.4. The monoisotopic (exact) mass is 388 g/mol. The molecule has 0 spiro atoms. The Hall–Kier alpha value is -0.920. The Morgan fingerprint density at radius 1 is 1.45 bits per heavy atom. The first-order valence-corrected chi connectivity index (χ1v) is 9.85. The van der Waals surface area contributed by atoms with Gasteiger partial charge in [-0.05, 0) is 44.2 Å². The number of carbonyl (C=O) groups is 1. The number of nitrogens with zero attached hydrogens (tertiary/aromatic N) is 1. The van der Waals surface area contributed by atoms with Crippen LogP contribution < -0.4 is 5.32 Å². The lowest BCUT2D eigenvalue weighted by atomic mass is 10.2. The van der Waals surface area contributed by atoms with E-state index in [0.717, 1.165) is 15.7 Å². The lowest BCUT2D eigenvalue weighted by Gasteiger charge is -2.22. The Morgan fingerprint density at radius 2 is 2.18 bits per heavy atom. The standard InChI is InChI=1S/C15H21BrN2O3S/c1-11-9-12(3-4-14(11)16)17-15(19)5-7-18(2)13-6-8-22(20,21)10-13/h3-4,9,13H,5-8,10H2,1-2H3,(H,17,19). The predicted molar refractivity (Wildman–Crippen MR) is 91.8 cm³/mol. The maximum absolute atomic E-state index is 12.0. The van der Waals surface area contributed by atoms with Crippen LogP contribution in [0.3, 0.4) is 0 Å². The van der Waals surface area contributed by atoms with Crippen molar-refractivity contribution in [3.8, 4) is 0 Å². The van der Waals surface area contributed by atoms with Crippen molar-refractivity contribution in [2.24, 2.45) is 0 Å². The molecule has 1 N–H and O–H groups in total. The molecule has 1 heterocycles. The number of nitrogens with one attached hydrogen (secondary N) is 1. The van der Waals surface area contributed by atoms with Gasteiger partial charge in [-0.25, -0.2) is 8.42 Å². The van der Waals surface area contributed by atoms with Crippen LogP contribution in [0, 0.1) is 6.92 Å². The van der Waals surface area contributed by atoms with Gasteiger partial charge in [-0.3, -0.25) is 4.79 Å². The molecule has 1 atom stereocenters. The predicted octanol–water partition coefficient (Wildman–Crippen LogP) is 2.21. The summed E-state index contributed by atoms with van der Waals surface area (Å²) in [5.74, 6) is 0.401. The Morgan fingerprint density at radius 3 is 2.77 bits per heavy atom. The van der Waals surface area contributed by atoms with E-state index in [1.807, 2.05) is 37.1 Å². The summed E-state index contributed by atoms with van der Waals surface area (Å²) in [6.45, 7) is 2.52. The maximum atomic E-state index is 12.0. The first-order chi connectivity index (χ1) is 10.3. The van der Waals surface area contributed by atoms with Gasteiger partial charge in [0, 0.05) is 29.2 Å². The van der Waals surface area contributed by atoms with E-state index in [2.05, 4.69) is 21.2 Å². The van der Waals surface area contributed by atoms with Crippen LogP contribution in [-0.4, -0.2) is 50.4 Å². The average Bonchev–Trinajstić information content (AvgIpc) is 2.81. The van der Waals surface area contributed by atoms with Gasteiger partial charge in [0.1, 0.15) is 0 Å². The van der Waals surface area contributed by atoms with Crippen molar-refractivity contribution in [3.63, 3.8) is 0 Å². The lowest BCUT2D eigenvalue weighted by Crippen LogP contribution is -2.35. The number of rotatable bonds is 5. The van der Waals surface area contributed by atoms with Gasteiger partial charge in [-0.1, -0.05) is 15.9 Å². The number of hydrogen-bond acceptors (Lipinski definition) is 4. The molecule has 0 aromatic heterocycles. The summed E-state index contributed by atoms with van der Waals surface area (Å²) in [5, 5.41) is 2.87. The molecule has 1 amide bonds. The van der Waals surface area contributed by atoms with E-state index in [0.29, 0.717) is 19.4 Å². The zero-order chi connectivity index (χ0) is 16.3. The van der Waals surface area contributed by atoms with E-state index in [1.54, 1.807) is 0 Å². The van der Waals surface area contributed by atoms with Crippen molar-refractivity contribution in [1.29, 1.82) is 0 Å². The van der Waals surface area contributed by atoms with Crippen LogP contribution in [0.5, 0.6) is 0 Å². The molecule has 1 fully saturated rings. The second kappa shape index (κ2) is 7.10. The topological polar surface area (TPSA) is 66.5 Å². The third kappa shape index (κ3) is 4.79. The summed E-state index contributed by atoms with van der Waals surface area (Å²) in [5.41, 5.74) is 1.84. The van der Waals surface area contributed by atoms with Crippen molar-refractivity contribution in [2.45, 2.75) is 25.8 Å². The van der Waals surface area contributed by atoms with Gasteiger partial charge in [0.2, 0.25) is 5.91 Å². The molecular weight excluding hydrogens is 368 g/mol. The van der Waals surface area contributed by atoms with Gasteiger partial charge in [0.25, 0.3) is 0 Å². The van der Waals surface area contributed by atoms with Crippen molar-refractivity contribution in [3.05, 3.63) is 28.2 Å². The summed E-state index contributed by atoms with van der Waals surface area (Å²) in [4.78, 5) is 14.0. The van der Waals surface area contributed by atoms with Crippen LogP contribution in [0.1, 0.15) is 18.4 Å². The van der Waals surface area contributed by atoms with E-state index in [1.165, 1.54) is 0 Å². The third-order valence-electron chi connectivity index (χ3n) is 3.97. The number of hydrogen-bond donors (Lipinski definition) is 1. The molecule has 1 aromatic carbocycles. The van der Waals surface area contributed by atoms with Crippen molar-refractivity contribution < 1.29 is 13.2 Å². The Kier molecular flexibility index (Phi) is 5.63. The van der Waals surface area contributed by atoms with E-state index in [-0.39, 0.29) is 23.5 Å². The summed E-state index contributed by atoms with van der Waals surface area (Å²) in [6.07, 6.45) is 1.01. The van der Waals surface area contributed by atoms with Crippen LogP contribution in [0.25, 0.3) is 0 Å². The van der Waals surface area contributed by atoms with Crippen LogP contribution in [0.15, 0.2) is 22.7 Å². The molecule has 2 rings (SSSR count). The highest BCUT2D eigenvalue weighted by atomic mass is 79.9. The first-order valence-electron chi connectivity index (χ1n) is 7.23. The minimum atomic E-state index is -2.88. The molecule has 5 nitrogen and oxygen atoms in total. The summed E-state index contributed by atoms with van der Waals surface area (Å²) in [6, 6.07) is 5.70. The molecular formula is C15H21BrN2O3S. The van der Waals surface area contributed by atoms with E-state index >= 15 is 0 Å². The fourth-order valence-corrected chi connectivity index (χ4v) is 4.58. The van der Waals surface area contributed by atoms with Crippen LogP contribution >= 0.6 is 15.9 Å². The number of amides is 1. The summed E-state index contributed by atoms with van der Waals surface area (Å²) >= 11 is 3.42. The van der Waals surface area contributed by atoms with Gasteiger partial charge < -0.3 is 10.2 Å². The van der Waals surface area contributed by atoms with E-state index in [9.17, 15) is 13.2 Å². The molecule has 22 heavy (non-hydrogen) atoms. The highest BCUT2D eigenvalue weighted by Crippen LogP contribution is 2.20. The molecule has 0 aliphatic carbocycles. The van der Waals surface area contributed by atoms with Gasteiger partial charge in [0.15, 0.2) is 9.84 Å².